The molecule has 1 saturated carbocycles. The zero-order valence-corrected chi connectivity index (χ0v) is 35.7. The Morgan fingerprint density at radius 2 is 1.81 bits per heavy atom. The summed E-state index contributed by atoms with van der Waals surface area (Å²) in [6, 6.07) is 18.5. The van der Waals surface area contributed by atoms with Crippen molar-refractivity contribution in [1.82, 2.24) is 29.9 Å². The van der Waals surface area contributed by atoms with Crippen LogP contribution in [-0.4, -0.2) is 107 Å². The molecule has 5 aromatic rings. The number of carbonyl (C=O) groups excluding carboxylic acids is 1. The molecule has 3 unspecified atom stereocenters. The summed E-state index contributed by atoms with van der Waals surface area (Å²) in [4.78, 5) is 21.5. The molecule has 4 fully saturated rings. The lowest BCUT2D eigenvalue weighted by atomic mass is 9.87. The molecule has 12 nitrogen and oxygen atoms in total. The first kappa shape index (κ1) is 39.1. The molecule has 0 radical (unpaired) electrons. The van der Waals surface area contributed by atoms with Gasteiger partial charge in [0.05, 0.1) is 37.2 Å². The Morgan fingerprint density at radius 3 is 2.56 bits per heavy atom. The number of fused-ring (bicyclic) bond motifs is 1. The lowest BCUT2D eigenvalue weighted by molar-refractivity contribution is 0.0176. The number of hydrogen-bond acceptors (Lipinski definition) is 10. The zero-order valence-electron chi connectivity index (χ0n) is 37.7. The van der Waals surface area contributed by atoms with E-state index in [1.165, 1.54) is 0 Å². The molecule has 4 N–H and O–H groups in total. The molecule has 3 saturated heterocycles. The third-order valence-electron chi connectivity index (χ3n) is 14.1. The van der Waals surface area contributed by atoms with Crippen LogP contribution in [0.25, 0.3) is 22.2 Å². The fraction of sp³-hybridized carbons (Fsp3) is 0.449. The van der Waals surface area contributed by atoms with Gasteiger partial charge in [-0.05, 0) is 111 Å². The van der Waals surface area contributed by atoms with E-state index in [1.807, 2.05) is 43.3 Å². The van der Waals surface area contributed by atoms with E-state index in [-0.39, 0.29) is 48.4 Å². The molecule has 1 amide bonds. The Balaban J connectivity index is 0.749. The highest BCUT2D eigenvalue weighted by Crippen LogP contribution is 2.43. The van der Waals surface area contributed by atoms with Crippen LogP contribution in [0.4, 0.5) is 26.0 Å². The molecule has 63 heavy (non-hydrogen) atoms. The highest BCUT2D eigenvalue weighted by atomic mass is 19.1. The Bertz CT molecular complexity index is 2610. The molecule has 0 spiro atoms. The maximum absolute atomic E-state index is 16.6. The maximum atomic E-state index is 16.6. The number of hydrogen-bond donors (Lipinski definition) is 3. The summed E-state index contributed by atoms with van der Waals surface area (Å²) in [5, 5.41) is 22.6. The van der Waals surface area contributed by atoms with Gasteiger partial charge < -0.3 is 39.7 Å². The molecule has 2 aromatic heterocycles. The van der Waals surface area contributed by atoms with Crippen molar-refractivity contribution in [2.24, 2.45) is 0 Å². The Labute approximate surface area is 370 Å². The number of phenolic OH excluding ortho intramolecular Hbond substituents is 1. The number of rotatable bonds is 9. The Kier molecular flexibility index (Phi) is 10.7. The van der Waals surface area contributed by atoms with Gasteiger partial charge in [0.1, 0.15) is 17.5 Å². The first-order valence-corrected chi connectivity index (χ1v) is 22.4. The number of nitrogens with zero attached hydrogens (tertiary/aromatic N) is 7. The number of anilines is 3. The topological polar surface area (TPSA) is 128 Å². The van der Waals surface area contributed by atoms with E-state index in [0.717, 1.165) is 67.3 Å². The molecular formula is C49H57F2N9O3. The summed E-state index contributed by atoms with van der Waals surface area (Å²) in [6.45, 7) is 4.41. The fourth-order valence-electron chi connectivity index (χ4n) is 10.3. The number of amides is 1. The SMILES string of the molecule is [2H]C1C=CN(c2ccc3c(C4CCN(CC5(F)CCN(C(=O)c6ccc(C7CN(c8cc(-c9ccccc9O)nnc8N)CCO7)c(C)c6)CC5)CC4)cn(C4CCC4)c3c2F)C([2H])N1. The monoisotopic (exact) mass is 859 g/mol. The standard InChI is InChI=1S/C49H57F2N9O3/c1-32-26-34(10-11-36(32)44-29-58(24-25-63-44)42-27-40(54-55-47(42)52)38-8-2-3-9-43(38)61)48(62)57-22-16-49(51,17-23-57)30-56-20-14-33(15-21-56)39-28-60(35-6-4-7-35)46-37(39)12-13-41(45(46)50)59-19-5-18-53-31-59/h2-3,5,8-13,19,26-28,33,35,44,53,61H,4,6-7,14-18,20-25,29-31H2,1H3,(H2,52,55)/i18D,31D. The summed E-state index contributed by atoms with van der Waals surface area (Å²) in [7, 11) is 0. The van der Waals surface area contributed by atoms with Gasteiger partial charge in [-0.2, -0.15) is 0 Å². The van der Waals surface area contributed by atoms with E-state index in [4.69, 9.17) is 13.2 Å². The maximum Gasteiger partial charge on any atom is 0.253 e. The first-order valence-electron chi connectivity index (χ1n) is 23.6. The van der Waals surface area contributed by atoms with Crippen LogP contribution in [-0.2, 0) is 4.74 Å². The molecule has 4 aliphatic heterocycles. The van der Waals surface area contributed by atoms with Gasteiger partial charge in [-0.15, -0.1) is 10.2 Å². The lowest BCUT2D eigenvalue weighted by Crippen LogP contribution is -2.51. The zero-order chi connectivity index (χ0) is 45.0. The van der Waals surface area contributed by atoms with Crippen LogP contribution < -0.4 is 20.9 Å². The number of nitrogens with one attached hydrogen (secondary N) is 1. The van der Waals surface area contributed by atoms with E-state index >= 15 is 8.78 Å². The molecule has 10 rings (SSSR count). The Hall–Kier alpha value is -5.57. The number of phenols is 1. The smallest absolute Gasteiger partial charge is 0.253 e. The van der Waals surface area contributed by atoms with E-state index in [9.17, 15) is 9.90 Å². The number of aryl methyl sites for hydroxylation is 1. The van der Waals surface area contributed by atoms with Crippen LogP contribution in [0, 0.1) is 12.7 Å². The summed E-state index contributed by atoms with van der Waals surface area (Å²) >= 11 is 0. The number of alkyl halides is 1. The number of halogens is 2. The number of para-hydroxylation sites is 1. The van der Waals surface area contributed by atoms with Crippen molar-refractivity contribution in [1.29, 1.82) is 0 Å². The summed E-state index contributed by atoms with van der Waals surface area (Å²) in [5.74, 6) is 0.185. The molecule has 6 heterocycles. The quantitative estimate of drug-likeness (QED) is 0.135. The predicted molar refractivity (Wildman–Crippen MR) is 242 cm³/mol. The van der Waals surface area contributed by atoms with Gasteiger partial charge in [0.2, 0.25) is 0 Å². The van der Waals surface area contributed by atoms with Gasteiger partial charge in [0.25, 0.3) is 5.91 Å². The van der Waals surface area contributed by atoms with E-state index in [1.54, 1.807) is 46.3 Å². The second kappa shape index (κ2) is 17.2. The first-order chi connectivity index (χ1) is 31.4. The van der Waals surface area contributed by atoms with Crippen LogP contribution in [0.1, 0.15) is 92.8 Å². The van der Waals surface area contributed by atoms with Crippen LogP contribution in [0.2, 0.25) is 0 Å². The third kappa shape index (κ3) is 8.13. The minimum atomic E-state index is -1.39. The van der Waals surface area contributed by atoms with E-state index < -0.39 is 18.8 Å². The van der Waals surface area contributed by atoms with Crippen LogP contribution in [0.5, 0.6) is 5.75 Å². The highest BCUT2D eigenvalue weighted by Gasteiger charge is 2.39. The number of morpholine rings is 1. The van der Waals surface area contributed by atoms with Gasteiger partial charge in [0, 0.05) is 88.4 Å². The average molecular weight is 860 g/mol. The molecule has 330 valence electrons. The number of carbonyl (C=O) groups is 1. The number of aromatic hydroxyl groups is 1. The minimum absolute atomic E-state index is 0.101. The summed E-state index contributed by atoms with van der Waals surface area (Å²) < 4.78 is 57.8. The highest BCUT2D eigenvalue weighted by molar-refractivity contribution is 5.94. The van der Waals surface area contributed by atoms with E-state index in [0.29, 0.717) is 78.9 Å². The van der Waals surface area contributed by atoms with Crippen molar-refractivity contribution < 1.29 is 26.2 Å². The number of ether oxygens (including phenoxy) is 1. The van der Waals surface area contributed by atoms with Crippen LogP contribution in [0.15, 0.2) is 79.1 Å². The van der Waals surface area contributed by atoms with Crippen LogP contribution >= 0.6 is 0 Å². The van der Waals surface area contributed by atoms with Gasteiger partial charge in [-0.25, -0.2) is 8.78 Å². The minimum Gasteiger partial charge on any atom is -0.507 e. The molecule has 0 bridgehead atoms. The third-order valence-corrected chi connectivity index (χ3v) is 14.1. The number of piperidine rings is 2. The van der Waals surface area contributed by atoms with Crippen molar-refractivity contribution in [2.45, 2.75) is 75.6 Å². The number of nitrogen functional groups attached to an aromatic ring is 1. The van der Waals surface area contributed by atoms with Crippen molar-refractivity contribution in [3.8, 4) is 17.0 Å². The molecule has 5 aliphatic rings. The fourth-order valence-corrected chi connectivity index (χ4v) is 10.3. The van der Waals surface area contributed by atoms with Crippen molar-refractivity contribution in [3.05, 3.63) is 107 Å². The number of aromatic nitrogens is 3. The number of benzene rings is 3. The van der Waals surface area contributed by atoms with Crippen molar-refractivity contribution in [2.75, 3.05) is 81.1 Å². The summed E-state index contributed by atoms with van der Waals surface area (Å²) in [5.41, 5.74) is 11.3. The molecular weight excluding hydrogens is 801 g/mol. The van der Waals surface area contributed by atoms with Gasteiger partial charge >= 0.3 is 0 Å². The average Bonchev–Trinajstić information content (AvgIpc) is 3.66. The van der Waals surface area contributed by atoms with Crippen molar-refractivity contribution >= 4 is 34.0 Å². The van der Waals surface area contributed by atoms with E-state index in [2.05, 4.69) is 36.1 Å². The summed E-state index contributed by atoms with van der Waals surface area (Å²) in [6.07, 6.45) is 10.5. The second-order valence-corrected chi connectivity index (χ2v) is 18.0. The van der Waals surface area contributed by atoms with Crippen LogP contribution in [0.3, 0.4) is 0 Å². The normalized spacial score (nSPS) is 24.0. The van der Waals surface area contributed by atoms with Gasteiger partial charge in [-0.1, -0.05) is 30.3 Å². The Morgan fingerprint density at radius 1 is 1.00 bits per heavy atom. The number of likely N-dealkylation sites (tertiary alicyclic amines) is 2. The van der Waals surface area contributed by atoms with Gasteiger partial charge in [-0.3, -0.25) is 10.1 Å². The van der Waals surface area contributed by atoms with Crippen molar-refractivity contribution in [3.63, 3.8) is 0 Å². The predicted octanol–water partition coefficient (Wildman–Crippen LogP) is 7.84. The molecule has 3 aromatic carbocycles. The molecule has 3 atom stereocenters. The lowest BCUT2D eigenvalue weighted by Gasteiger charge is -2.41. The number of nitrogens with two attached hydrogens (primary N) is 1. The van der Waals surface area contributed by atoms with Gasteiger partial charge in [0.15, 0.2) is 11.6 Å². The molecule has 14 heteroatoms. The second-order valence-electron chi connectivity index (χ2n) is 18.0. The largest absolute Gasteiger partial charge is 0.507 e. The molecule has 1 aliphatic carbocycles.